The average molecular weight is 228 g/mol. The first-order valence-electron chi connectivity index (χ1n) is 6.35. The Kier molecular flexibility index (Phi) is 4.06. The van der Waals surface area contributed by atoms with Crippen molar-refractivity contribution in [3.8, 4) is 12.3 Å². The maximum absolute atomic E-state index is 5.40. The standard InChI is InChI=1S/C15H20N2/c1-3-9-17(10-4-2)12-13-5-6-14-7-8-16-15(14)11-13/h1,5-6,11,16H,4,7-10,12H2,2H3. The van der Waals surface area contributed by atoms with Crippen molar-refractivity contribution < 1.29 is 0 Å². The van der Waals surface area contributed by atoms with Gasteiger partial charge in [-0.25, -0.2) is 0 Å². The highest BCUT2D eigenvalue weighted by atomic mass is 15.1. The molecule has 0 saturated carbocycles. The highest BCUT2D eigenvalue weighted by Gasteiger charge is 2.11. The van der Waals surface area contributed by atoms with Crippen LogP contribution in [0, 0.1) is 12.3 Å². The van der Waals surface area contributed by atoms with E-state index in [2.05, 4.69) is 41.3 Å². The molecule has 17 heavy (non-hydrogen) atoms. The molecule has 0 radical (unpaired) electrons. The van der Waals surface area contributed by atoms with Crippen LogP contribution in [0.15, 0.2) is 18.2 Å². The van der Waals surface area contributed by atoms with Gasteiger partial charge in [-0.15, -0.1) is 6.42 Å². The van der Waals surface area contributed by atoms with Gasteiger partial charge in [0, 0.05) is 18.8 Å². The maximum Gasteiger partial charge on any atom is 0.0601 e. The molecule has 0 saturated heterocycles. The summed E-state index contributed by atoms with van der Waals surface area (Å²) in [5, 5.41) is 3.42. The molecule has 0 unspecified atom stereocenters. The predicted octanol–water partition coefficient (Wildman–Crippen LogP) is 2.50. The zero-order valence-corrected chi connectivity index (χ0v) is 10.5. The van der Waals surface area contributed by atoms with Gasteiger partial charge in [-0.1, -0.05) is 25.0 Å². The fraction of sp³-hybridized carbons (Fsp3) is 0.467. The van der Waals surface area contributed by atoms with Crippen LogP contribution >= 0.6 is 0 Å². The summed E-state index contributed by atoms with van der Waals surface area (Å²) in [6.07, 6.45) is 7.69. The van der Waals surface area contributed by atoms with Crippen LogP contribution in [0.5, 0.6) is 0 Å². The topological polar surface area (TPSA) is 15.3 Å². The molecule has 0 spiro atoms. The number of anilines is 1. The van der Waals surface area contributed by atoms with Crippen LogP contribution in [-0.2, 0) is 13.0 Å². The van der Waals surface area contributed by atoms with E-state index in [4.69, 9.17) is 6.42 Å². The molecular weight excluding hydrogens is 208 g/mol. The molecule has 1 aliphatic rings. The Hall–Kier alpha value is -1.46. The van der Waals surface area contributed by atoms with Crippen LogP contribution in [0.25, 0.3) is 0 Å². The zero-order valence-electron chi connectivity index (χ0n) is 10.5. The summed E-state index contributed by atoms with van der Waals surface area (Å²) in [7, 11) is 0. The van der Waals surface area contributed by atoms with Gasteiger partial charge in [0.15, 0.2) is 0 Å². The summed E-state index contributed by atoms with van der Waals surface area (Å²) < 4.78 is 0. The Morgan fingerprint density at radius 2 is 2.35 bits per heavy atom. The quantitative estimate of drug-likeness (QED) is 0.779. The van der Waals surface area contributed by atoms with Crippen LogP contribution in [-0.4, -0.2) is 24.5 Å². The summed E-state index contributed by atoms with van der Waals surface area (Å²) in [4.78, 5) is 2.32. The third-order valence-electron chi connectivity index (χ3n) is 3.14. The third-order valence-corrected chi connectivity index (χ3v) is 3.14. The van der Waals surface area contributed by atoms with Crippen molar-refractivity contribution in [1.29, 1.82) is 0 Å². The van der Waals surface area contributed by atoms with E-state index in [-0.39, 0.29) is 0 Å². The van der Waals surface area contributed by atoms with Gasteiger partial charge in [0.1, 0.15) is 0 Å². The molecule has 90 valence electrons. The lowest BCUT2D eigenvalue weighted by molar-refractivity contribution is 0.300. The third kappa shape index (κ3) is 3.01. The van der Waals surface area contributed by atoms with E-state index < -0.39 is 0 Å². The van der Waals surface area contributed by atoms with Crippen molar-refractivity contribution in [3.05, 3.63) is 29.3 Å². The van der Waals surface area contributed by atoms with E-state index >= 15 is 0 Å². The molecule has 0 fully saturated rings. The van der Waals surface area contributed by atoms with E-state index in [1.54, 1.807) is 0 Å². The molecule has 1 aliphatic heterocycles. The van der Waals surface area contributed by atoms with Crippen LogP contribution in [0.2, 0.25) is 0 Å². The largest absolute Gasteiger partial charge is 0.384 e. The van der Waals surface area contributed by atoms with E-state index in [0.717, 1.165) is 39.0 Å². The van der Waals surface area contributed by atoms with E-state index in [1.807, 2.05) is 0 Å². The normalized spacial score (nSPS) is 13.2. The summed E-state index contributed by atoms with van der Waals surface area (Å²) in [6, 6.07) is 6.73. The SMILES string of the molecule is C#CCN(CCC)Cc1ccc2c(c1)NCC2. The van der Waals surface area contributed by atoms with Gasteiger partial charge in [0.25, 0.3) is 0 Å². The van der Waals surface area contributed by atoms with E-state index in [9.17, 15) is 0 Å². The molecule has 2 nitrogen and oxygen atoms in total. The second-order valence-corrected chi connectivity index (χ2v) is 4.58. The second kappa shape index (κ2) is 5.75. The fourth-order valence-electron chi connectivity index (χ4n) is 2.35. The number of nitrogens with one attached hydrogen (secondary N) is 1. The number of hydrogen-bond acceptors (Lipinski definition) is 2. The molecule has 1 N–H and O–H groups in total. The summed E-state index contributed by atoms with van der Waals surface area (Å²) in [5.41, 5.74) is 4.09. The van der Waals surface area contributed by atoms with Crippen molar-refractivity contribution >= 4 is 5.69 Å². The highest BCUT2D eigenvalue weighted by Crippen LogP contribution is 2.23. The fourth-order valence-corrected chi connectivity index (χ4v) is 2.35. The molecule has 1 heterocycles. The zero-order chi connectivity index (χ0) is 12.1. The van der Waals surface area contributed by atoms with E-state index in [1.165, 1.54) is 16.8 Å². The minimum atomic E-state index is 0.734. The van der Waals surface area contributed by atoms with Crippen molar-refractivity contribution in [3.63, 3.8) is 0 Å². The lowest BCUT2D eigenvalue weighted by Crippen LogP contribution is -2.24. The number of nitrogens with zero attached hydrogens (tertiary/aromatic N) is 1. The van der Waals surface area contributed by atoms with E-state index in [0.29, 0.717) is 0 Å². The van der Waals surface area contributed by atoms with Gasteiger partial charge in [-0.05, 0) is 36.6 Å². The smallest absolute Gasteiger partial charge is 0.0601 e. The first-order valence-corrected chi connectivity index (χ1v) is 6.35. The molecule has 0 amide bonds. The Balaban J connectivity index is 2.04. The van der Waals surface area contributed by atoms with Crippen molar-refractivity contribution in [2.45, 2.75) is 26.3 Å². The Morgan fingerprint density at radius 3 is 3.12 bits per heavy atom. The number of hydrogen-bond donors (Lipinski definition) is 1. The number of fused-ring (bicyclic) bond motifs is 1. The molecule has 0 bridgehead atoms. The van der Waals surface area contributed by atoms with Crippen LogP contribution < -0.4 is 5.32 Å². The van der Waals surface area contributed by atoms with Gasteiger partial charge in [0.2, 0.25) is 0 Å². The molecule has 1 aromatic rings. The summed E-state index contributed by atoms with van der Waals surface area (Å²) in [5.74, 6) is 2.74. The minimum Gasteiger partial charge on any atom is -0.384 e. The number of benzene rings is 1. The molecular formula is C15H20N2. The maximum atomic E-state index is 5.40. The first kappa shape index (κ1) is 12.0. The Morgan fingerprint density at radius 1 is 1.47 bits per heavy atom. The molecule has 0 aliphatic carbocycles. The minimum absolute atomic E-state index is 0.734. The summed E-state index contributed by atoms with van der Waals surface area (Å²) in [6.45, 7) is 6.01. The predicted molar refractivity (Wildman–Crippen MR) is 73.0 cm³/mol. The summed E-state index contributed by atoms with van der Waals surface area (Å²) >= 11 is 0. The molecule has 2 rings (SSSR count). The molecule has 1 aromatic carbocycles. The molecule has 2 heteroatoms. The van der Waals surface area contributed by atoms with Crippen molar-refractivity contribution in [2.75, 3.05) is 25.0 Å². The monoisotopic (exact) mass is 228 g/mol. The second-order valence-electron chi connectivity index (χ2n) is 4.58. The van der Waals surface area contributed by atoms with Crippen molar-refractivity contribution in [1.82, 2.24) is 4.90 Å². The molecule has 0 aromatic heterocycles. The van der Waals surface area contributed by atoms with Crippen LogP contribution in [0.1, 0.15) is 24.5 Å². The van der Waals surface area contributed by atoms with Gasteiger partial charge in [0.05, 0.1) is 6.54 Å². The number of terminal acetylenes is 1. The lowest BCUT2D eigenvalue weighted by Gasteiger charge is -2.19. The van der Waals surface area contributed by atoms with Crippen LogP contribution in [0.3, 0.4) is 0 Å². The molecule has 0 atom stereocenters. The Bertz CT molecular complexity index is 417. The Labute approximate surface area is 104 Å². The highest BCUT2D eigenvalue weighted by molar-refractivity contribution is 5.57. The number of rotatable bonds is 5. The van der Waals surface area contributed by atoms with Crippen LogP contribution in [0.4, 0.5) is 5.69 Å². The lowest BCUT2D eigenvalue weighted by atomic mass is 10.1. The van der Waals surface area contributed by atoms with Gasteiger partial charge in [-0.2, -0.15) is 0 Å². The average Bonchev–Trinajstić information content (AvgIpc) is 2.77. The van der Waals surface area contributed by atoms with Gasteiger partial charge >= 0.3 is 0 Å². The van der Waals surface area contributed by atoms with Gasteiger partial charge < -0.3 is 5.32 Å². The van der Waals surface area contributed by atoms with Crippen molar-refractivity contribution in [2.24, 2.45) is 0 Å². The first-order chi connectivity index (χ1) is 8.33. The van der Waals surface area contributed by atoms with Gasteiger partial charge in [-0.3, -0.25) is 4.90 Å².